The van der Waals surface area contributed by atoms with Gasteiger partial charge in [0.05, 0.1) is 8.49 Å². The SMILES string of the molecule is CC.CC.O=[N+]([O-])c1ccccc1I. The van der Waals surface area contributed by atoms with E-state index in [2.05, 4.69) is 0 Å². The zero-order valence-corrected chi connectivity index (χ0v) is 11.1. The lowest BCUT2D eigenvalue weighted by molar-refractivity contribution is -0.385. The van der Waals surface area contributed by atoms with Crippen LogP contribution < -0.4 is 0 Å². The Hall–Kier alpha value is -0.650. The molecule has 0 N–H and O–H groups in total. The summed E-state index contributed by atoms with van der Waals surface area (Å²) in [5.74, 6) is 0. The normalized spacial score (nSPS) is 7.50. The summed E-state index contributed by atoms with van der Waals surface area (Å²) in [5, 5.41) is 10.2. The van der Waals surface area contributed by atoms with E-state index in [4.69, 9.17) is 0 Å². The van der Waals surface area contributed by atoms with Crippen LogP contribution in [-0.4, -0.2) is 4.92 Å². The number of nitro benzene ring substituents is 1. The molecule has 0 fully saturated rings. The van der Waals surface area contributed by atoms with Crippen molar-refractivity contribution in [3.63, 3.8) is 0 Å². The van der Waals surface area contributed by atoms with E-state index in [0.29, 0.717) is 3.57 Å². The second kappa shape index (κ2) is 10.4. The van der Waals surface area contributed by atoms with Gasteiger partial charge in [-0.2, -0.15) is 0 Å². The molecule has 0 heterocycles. The Balaban J connectivity index is 0. The Kier molecular flexibility index (Phi) is 11.8. The van der Waals surface area contributed by atoms with E-state index in [1.54, 1.807) is 18.2 Å². The molecule has 0 radical (unpaired) electrons. The first-order chi connectivity index (χ1) is 6.72. The number of benzene rings is 1. The molecule has 0 saturated carbocycles. The largest absolute Gasteiger partial charge is 0.282 e. The minimum atomic E-state index is -0.387. The molecular formula is C10H16INO2. The molecule has 0 saturated heterocycles. The van der Waals surface area contributed by atoms with E-state index in [1.807, 2.05) is 50.3 Å². The number of para-hydroxylation sites is 1. The van der Waals surface area contributed by atoms with Gasteiger partial charge in [0, 0.05) is 6.07 Å². The van der Waals surface area contributed by atoms with Crippen molar-refractivity contribution < 1.29 is 4.92 Å². The number of hydrogen-bond donors (Lipinski definition) is 0. The van der Waals surface area contributed by atoms with Crippen molar-refractivity contribution in [2.75, 3.05) is 0 Å². The third kappa shape index (κ3) is 5.90. The van der Waals surface area contributed by atoms with Gasteiger partial charge < -0.3 is 0 Å². The topological polar surface area (TPSA) is 43.1 Å². The van der Waals surface area contributed by atoms with Crippen LogP contribution in [0.3, 0.4) is 0 Å². The molecule has 0 aromatic heterocycles. The fourth-order valence-corrected chi connectivity index (χ4v) is 1.18. The molecule has 3 nitrogen and oxygen atoms in total. The molecule has 0 aliphatic heterocycles. The molecule has 0 unspecified atom stereocenters. The van der Waals surface area contributed by atoms with Crippen molar-refractivity contribution in [1.29, 1.82) is 0 Å². The lowest BCUT2D eigenvalue weighted by Gasteiger charge is -1.91. The first-order valence-electron chi connectivity index (χ1n) is 4.61. The molecule has 0 atom stereocenters. The Labute approximate surface area is 98.8 Å². The quantitative estimate of drug-likeness (QED) is 0.442. The van der Waals surface area contributed by atoms with Crippen LogP contribution in [-0.2, 0) is 0 Å². The summed E-state index contributed by atoms with van der Waals surface area (Å²) in [6.45, 7) is 8.00. The van der Waals surface area contributed by atoms with Gasteiger partial charge in [-0.25, -0.2) is 0 Å². The molecule has 80 valence electrons. The molecule has 0 bridgehead atoms. The Morgan fingerprint density at radius 2 is 1.57 bits per heavy atom. The van der Waals surface area contributed by atoms with Crippen molar-refractivity contribution in [3.8, 4) is 0 Å². The monoisotopic (exact) mass is 309 g/mol. The average molecular weight is 309 g/mol. The van der Waals surface area contributed by atoms with Gasteiger partial charge >= 0.3 is 0 Å². The van der Waals surface area contributed by atoms with Gasteiger partial charge in [0.15, 0.2) is 0 Å². The van der Waals surface area contributed by atoms with E-state index in [1.165, 1.54) is 6.07 Å². The third-order valence-corrected chi connectivity index (χ3v) is 1.96. The van der Waals surface area contributed by atoms with Crippen LogP contribution in [0.1, 0.15) is 27.7 Å². The van der Waals surface area contributed by atoms with Gasteiger partial charge in [-0.15, -0.1) is 0 Å². The fourth-order valence-electron chi connectivity index (χ4n) is 0.600. The molecule has 0 amide bonds. The van der Waals surface area contributed by atoms with Crippen LogP contribution in [0.4, 0.5) is 5.69 Å². The fraction of sp³-hybridized carbons (Fsp3) is 0.400. The van der Waals surface area contributed by atoms with E-state index in [9.17, 15) is 10.1 Å². The van der Waals surface area contributed by atoms with E-state index >= 15 is 0 Å². The minimum Gasteiger partial charge on any atom is -0.258 e. The number of halogens is 1. The second-order valence-electron chi connectivity index (χ2n) is 1.71. The predicted molar refractivity (Wildman–Crippen MR) is 68.5 cm³/mol. The molecule has 1 rings (SSSR count). The van der Waals surface area contributed by atoms with E-state index in [-0.39, 0.29) is 10.6 Å². The van der Waals surface area contributed by atoms with Gasteiger partial charge in [-0.1, -0.05) is 39.8 Å². The predicted octanol–water partition coefficient (Wildman–Crippen LogP) is 4.25. The summed E-state index contributed by atoms with van der Waals surface area (Å²) in [7, 11) is 0. The van der Waals surface area contributed by atoms with Gasteiger partial charge in [0.25, 0.3) is 5.69 Å². The van der Waals surface area contributed by atoms with Crippen molar-refractivity contribution in [1.82, 2.24) is 0 Å². The highest BCUT2D eigenvalue weighted by Gasteiger charge is 2.07. The van der Waals surface area contributed by atoms with Crippen molar-refractivity contribution in [2.45, 2.75) is 27.7 Å². The number of hydrogen-bond acceptors (Lipinski definition) is 2. The summed E-state index contributed by atoms with van der Waals surface area (Å²) < 4.78 is 0.671. The van der Waals surface area contributed by atoms with Crippen LogP contribution in [0.2, 0.25) is 0 Å². The van der Waals surface area contributed by atoms with Crippen LogP contribution in [0.15, 0.2) is 24.3 Å². The minimum absolute atomic E-state index is 0.170. The third-order valence-electron chi connectivity index (χ3n) is 1.05. The molecule has 14 heavy (non-hydrogen) atoms. The summed E-state index contributed by atoms with van der Waals surface area (Å²) in [6.07, 6.45) is 0. The van der Waals surface area contributed by atoms with Crippen LogP contribution >= 0.6 is 22.6 Å². The number of nitrogens with zero attached hydrogens (tertiary/aromatic N) is 1. The average Bonchev–Trinajstić information content (AvgIpc) is 2.24. The molecule has 0 aliphatic carbocycles. The maximum Gasteiger partial charge on any atom is 0.282 e. The Bertz CT molecular complexity index is 264. The Morgan fingerprint density at radius 1 is 1.14 bits per heavy atom. The van der Waals surface area contributed by atoms with Crippen LogP contribution in [0.25, 0.3) is 0 Å². The molecule has 1 aromatic rings. The van der Waals surface area contributed by atoms with Crippen LogP contribution in [0, 0.1) is 13.7 Å². The molecule has 1 aromatic carbocycles. The Morgan fingerprint density at radius 3 is 1.86 bits per heavy atom. The number of nitro groups is 1. The van der Waals surface area contributed by atoms with Crippen LogP contribution in [0.5, 0.6) is 0 Å². The highest BCUT2D eigenvalue weighted by Crippen LogP contribution is 2.18. The molecule has 4 heteroatoms. The zero-order chi connectivity index (χ0) is 11.6. The van der Waals surface area contributed by atoms with Gasteiger partial charge in [0.1, 0.15) is 0 Å². The van der Waals surface area contributed by atoms with Crippen molar-refractivity contribution in [2.24, 2.45) is 0 Å². The van der Waals surface area contributed by atoms with E-state index < -0.39 is 0 Å². The van der Waals surface area contributed by atoms with Gasteiger partial charge in [-0.3, -0.25) is 10.1 Å². The summed E-state index contributed by atoms with van der Waals surface area (Å²) in [6, 6.07) is 6.62. The molecule has 0 aliphatic rings. The molecule has 0 spiro atoms. The maximum atomic E-state index is 10.2. The highest BCUT2D eigenvalue weighted by molar-refractivity contribution is 14.1. The second-order valence-corrected chi connectivity index (χ2v) is 2.87. The molecular weight excluding hydrogens is 293 g/mol. The number of rotatable bonds is 1. The first kappa shape index (κ1) is 15.8. The van der Waals surface area contributed by atoms with Gasteiger partial charge in [0.2, 0.25) is 0 Å². The van der Waals surface area contributed by atoms with E-state index in [0.717, 1.165) is 0 Å². The summed E-state index contributed by atoms with van der Waals surface area (Å²) >= 11 is 1.93. The van der Waals surface area contributed by atoms with Gasteiger partial charge in [-0.05, 0) is 28.7 Å². The summed E-state index contributed by atoms with van der Waals surface area (Å²) in [4.78, 5) is 9.84. The van der Waals surface area contributed by atoms with Crippen molar-refractivity contribution >= 4 is 28.3 Å². The maximum absolute atomic E-state index is 10.2. The highest BCUT2D eigenvalue weighted by atomic mass is 127. The smallest absolute Gasteiger partial charge is 0.258 e. The first-order valence-corrected chi connectivity index (χ1v) is 5.68. The lowest BCUT2D eigenvalue weighted by atomic mass is 10.3. The zero-order valence-electron chi connectivity index (χ0n) is 8.95. The lowest BCUT2D eigenvalue weighted by Crippen LogP contribution is -1.89. The standard InChI is InChI=1S/C6H4INO2.2C2H6/c7-5-3-1-2-4-6(5)8(9)10;2*1-2/h1-4H;2*1-2H3. The van der Waals surface area contributed by atoms with Crippen molar-refractivity contribution in [3.05, 3.63) is 37.9 Å². The summed E-state index contributed by atoms with van der Waals surface area (Å²) in [5.41, 5.74) is 0.170.